The van der Waals surface area contributed by atoms with Gasteiger partial charge in [-0.05, 0) is 36.2 Å². The summed E-state index contributed by atoms with van der Waals surface area (Å²) in [5, 5.41) is 0. The molecule has 1 atom stereocenters. The Hall–Kier alpha value is -2.00. The number of ether oxygens (including phenoxy) is 2. The molecule has 3 nitrogen and oxygen atoms in total. The van der Waals surface area contributed by atoms with E-state index in [1.807, 2.05) is 18.2 Å². The average molecular weight is 271 g/mol. The van der Waals surface area contributed by atoms with Gasteiger partial charge < -0.3 is 15.2 Å². The van der Waals surface area contributed by atoms with Crippen LogP contribution in [0.2, 0.25) is 0 Å². The number of nitrogens with two attached hydrogens (primary N) is 1. The monoisotopic (exact) mass is 271 g/mol. The third kappa shape index (κ3) is 3.31. The van der Waals surface area contributed by atoms with E-state index in [-0.39, 0.29) is 5.92 Å². The van der Waals surface area contributed by atoms with Crippen LogP contribution in [0.25, 0.3) is 0 Å². The lowest BCUT2D eigenvalue weighted by Crippen LogP contribution is -2.15. The van der Waals surface area contributed by atoms with Gasteiger partial charge in [0.1, 0.15) is 0 Å². The Morgan fingerprint density at radius 3 is 2.25 bits per heavy atom. The topological polar surface area (TPSA) is 44.5 Å². The lowest BCUT2D eigenvalue weighted by Gasteiger charge is -2.17. The van der Waals surface area contributed by atoms with Crippen LogP contribution < -0.4 is 15.2 Å². The maximum atomic E-state index is 5.94. The van der Waals surface area contributed by atoms with E-state index in [2.05, 4.69) is 30.3 Å². The molecule has 0 spiro atoms. The Bertz CT molecular complexity index is 540. The van der Waals surface area contributed by atoms with E-state index in [1.54, 1.807) is 14.2 Å². The summed E-state index contributed by atoms with van der Waals surface area (Å²) >= 11 is 0. The van der Waals surface area contributed by atoms with E-state index in [4.69, 9.17) is 15.2 Å². The molecular weight excluding hydrogens is 250 g/mol. The normalized spacial score (nSPS) is 11.9. The predicted molar refractivity (Wildman–Crippen MR) is 81.5 cm³/mol. The van der Waals surface area contributed by atoms with E-state index in [1.165, 1.54) is 11.1 Å². The third-order valence-electron chi connectivity index (χ3n) is 3.49. The SMILES string of the molecule is COc1ccc([C@@H](CN)Cc2ccccc2)cc1OC. The highest BCUT2D eigenvalue weighted by Crippen LogP contribution is 2.31. The first-order chi connectivity index (χ1) is 9.78. The molecule has 0 amide bonds. The summed E-state index contributed by atoms with van der Waals surface area (Å²) in [5.41, 5.74) is 8.41. The summed E-state index contributed by atoms with van der Waals surface area (Å²) in [7, 11) is 3.29. The summed E-state index contributed by atoms with van der Waals surface area (Å²) in [6.07, 6.45) is 0.923. The van der Waals surface area contributed by atoms with Crippen molar-refractivity contribution in [3.05, 3.63) is 59.7 Å². The second-order valence-corrected chi connectivity index (χ2v) is 4.74. The van der Waals surface area contributed by atoms with Crippen molar-refractivity contribution in [1.82, 2.24) is 0 Å². The molecule has 0 radical (unpaired) electrons. The Morgan fingerprint density at radius 1 is 0.950 bits per heavy atom. The van der Waals surface area contributed by atoms with Crippen molar-refractivity contribution in [2.24, 2.45) is 5.73 Å². The van der Waals surface area contributed by atoms with Crippen molar-refractivity contribution >= 4 is 0 Å². The summed E-state index contributed by atoms with van der Waals surface area (Å²) in [5.74, 6) is 1.76. The van der Waals surface area contributed by atoms with E-state index >= 15 is 0 Å². The van der Waals surface area contributed by atoms with Crippen molar-refractivity contribution in [3.63, 3.8) is 0 Å². The number of hydrogen-bond donors (Lipinski definition) is 1. The van der Waals surface area contributed by atoms with Gasteiger partial charge in [0.05, 0.1) is 14.2 Å². The van der Waals surface area contributed by atoms with E-state index in [9.17, 15) is 0 Å². The van der Waals surface area contributed by atoms with Crippen molar-refractivity contribution in [2.45, 2.75) is 12.3 Å². The van der Waals surface area contributed by atoms with Crippen LogP contribution in [-0.2, 0) is 6.42 Å². The molecule has 0 aliphatic rings. The van der Waals surface area contributed by atoms with Crippen LogP contribution in [0.15, 0.2) is 48.5 Å². The van der Waals surface area contributed by atoms with Crippen LogP contribution in [0.1, 0.15) is 17.0 Å². The first-order valence-corrected chi connectivity index (χ1v) is 6.74. The second-order valence-electron chi connectivity index (χ2n) is 4.74. The molecule has 0 fully saturated rings. The molecule has 0 unspecified atom stereocenters. The molecule has 2 aromatic carbocycles. The van der Waals surface area contributed by atoms with Gasteiger partial charge in [0.15, 0.2) is 11.5 Å². The van der Waals surface area contributed by atoms with Gasteiger partial charge in [-0.3, -0.25) is 0 Å². The highest BCUT2D eigenvalue weighted by Gasteiger charge is 2.13. The molecule has 0 aliphatic carbocycles. The Morgan fingerprint density at radius 2 is 1.65 bits per heavy atom. The Kier molecular flexibility index (Phi) is 5.02. The minimum atomic E-state index is 0.275. The maximum Gasteiger partial charge on any atom is 0.160 e. The molecule has 0 saturated carbocycles. The molecule has 0 bridgehead atoms. The Labute approximate surface area is 120 Å². The quantitative estimate of drug-likeness (QED) is 0.878. The van der Waals surface area contributed by atoms with Crippen LogP contribution in [0.5, 0.6) is 11.5 Å². The largest absolute Gasteiger partial charge is 0.493 e. The predicted octanol–water partition coefficient (Wildman–Crippen LogP) is 2.99. The standard InChI is InChI=1S/C17H21NO2/c1-19-16-9-8-14(11-17(16)20-2)15(12-18)10-13-6-4-3-5-7-13/h3-9,11,15H,10,12,18H2,1-2H3/t15-/m1/s1. The minimum Gasteiger partial charge on any atom is -0.493 e. The lowest BCUT2D eigenvalue weighted by atomic mass is 9.92. The van der Waals surface area contributed by atoms with Crippen molar-refractivity contribution < 1.29 is 9.47 Å². The van der Waals surface area contributed by atoms with E-state index in [0.29, 0.717) is 6.54 Å². The molecule has 0 saturated heterocycles. The van der Waals surface area contributed by atoms with Gasteiger partial charge in [0.25, 0.3) is 0 Å². The zero-order valence-corrected chi connectivity index (χ0v) is 12.0. The first-order valence-electron chi connectivity index (χ1n) is 6.74. The van der Waals surface area contributed by atoms with E-state index < -0.39 is 0 Å². The highest BCUT2D eigenvalue weighted by molar-refractivity contribution is 5.44. The molecule has 3 heteroatoms. The lowest BCUT2D eigenvalue weighted by molar-refractivity contribution is 0.354. The van der Waals surface area contributed by atoms with Crippen molar-refractivity contribution in [3.8, 4) is 11.5 Å². The summed E-state index contributed by atoms with van der Waals surface area (Å²) in [6.45, 7) is 0.602. The zero-order valence-electron chi connectivity index (χ0n) is 12.0. The fraction of sp³-hybridized carbons (Fsp3) is 0.294. The summed E-state index contributed by atoms with van der Waals surface area (Å²) in [4.78, 5) is 0. The molecule has 20 heavy (non-hydrogen) atoms. The van der Waals surface area contributed by atoms with Gasteiger partial charge in [-0.2, -0.15) is 0 Å². The minimum absolute atomic E-state index is 0.275. The van der Waals surface area contributed by atoms with Gasteiger partial charge in [0.2, 0.25) is 0 Å². The fourth-order valence-corrected chi connectivity index (χ4v) is 2.34. The number of hydrogen-bond acceptors (Lipinski definition) is 3. The average Bonchev–Trinajstić information content (AvgIpc) is 2.53. The molecule has 0 aliphatic heterocycles. The second kappa shape index (κ2) is 6.96. The van der Waals surface area contributed by atoms with Gasteiger partial charge >= 0.3 is 0 Å². The first kappa shape index (κ1) is 14.4. The molecule has 2 aromatic rings. The van der Waals surface area contributed by atoms with Crippen LogP contribution in [-0.4, -0.2) is 20.8 Å². The van der Waals surface area contributed by atoms with Gasteiger partial charge in [-0.1, -0.05) is 36.4 Å². The van der Waals surface area contributed by atoms with Crippen LogP contribution in [0, 0.1) is 0 Å². The molecule has 0 heterocycles. The van der Waals surface area contributed by atoms with E-state index in [0.717, 1.165) is 17.9 Å². The maximum absolute atomic E-state index is 5.94. The van der Waals surface area contributed by atoms with Crippen LogP contribution >= 0.6 is 0 Å². The number of rotatable bonds is 6. The highest BCUT2D eigenvalue weighted by atomic mass is 16.5. The van der Waals surface area contributed by atoms with Gasteiger partial charge in [-0.15, -0.1) is 0 Å². The number of methoxy groups -OCH3 is 2. The summed E-state index contributed by atoms with van der Waals surface area (Å²) in [6, 6.07) is 16.4. The van der Waals surface area contributed by atoms with Crippen molar-refractivity contribution in [1.29, 1.82) is 0 Å². The third-order valence-corrected chi connectivity index (χ3v) is 3.49. The van der Waals surface area contributed by atoms with Gasteiger partial charge in [-0.25, -0.2) is 0 Å². The van der Waals surface area contributed by atoms with Crippen LogP contribution in [0.3, 0.4) is 0 Å². The van der Waals surface area contributed by atoms with Crippen LogP contribution in [0.4, 0.5) is 0 Å². The summed E-state index contributed by atoms with van der Waals surface area (Å²) < 4.78 is 10.6. The zero-order chi connectivity index (χ0) is 14.4. The fourth-order valence-electron chi connectivity index (χ4n) is 2.34. The molecule has 2 N–H and O–H groups in total. The van der Waals surface area contributed by atoms with Crippen molar-refractivity contribution in [2.75, 3.05) is 20.8 Å². The molecular formula is C17H21NO2. The molecule has 106 valence electrons. The Balaban J connectivity index is 2.23. The smallest absolute Gasteiger partial charge is 0.160 e. The molecule has 2 rings (SSSR count). The number of benzene rings is 2. The van der Waals surface area contributed by atoms with Gasteiger partial charge in [0, 0.05) is 5.92 Å². The molecule has 0 aromatic heterocycles.